The quantitative estimate of drug-likeness (QED) is 0.556. The number of halogens is 5. The Balaban J connectivity index is 1.88. The summed E-state index contributed by atoms with van der Waals surface area (Å²) < 4.78 is 44.6. The van der Waals surface area contributed by atoms with Crippen LogP contribution in [0.1, 0.15) is 42.6 Å². The SMILES string of the molecule is CC1(C)CC(=O)C2=C(C1)N(Cc1ccccc1)C(=O)C2(NC(=O)c1ccc(Cl)cc1Cl)C(F)(F)F. The van der Waals surface area contributed by atoms with Gasteiger partial charge in [0.15, 0.2) is 5.78 Å². The number of Topliss-reactive ketones (excluding diaryl/α,β-unsaturated/α-hetero) is 1. The Hall–Kier alpha value is -2.84. The molecule has 2 aromatic carbocycles. The lowest BCUT2D eigenvalue weighted by Crippen LogP contribution is -2.66. The maximum Gasteiger partial charge on any atom is 0.425 e. The van der Waals surface area contributed by atoms with E-state index in [0.717, 1.165) is 11.0 Å². The third kappa shape index (κ3) is 4.34. The number of nitrogens with one attached hydrogen (secondary N) is 1. The van der Waals surface area contributed by atoms with Gasteiger partial charge in [-0.3, -0.25) is 14.4 Å². The van der Waals surface area contributed by atoms with Gasteiger partial charge in [0.05, 0.1) is 22.7 Å². The minimum atomic E-state index is -5.30. The summed E-state index contributed by atoms with van der Waals surface area (Å²) in [5.74, 6) is -3.51. The van der Waals surface area contributed by atoms with E-state index in [1.807, 2.05) is 5.32 Å². The fourth-order valence-corrected chi connectivity index (χ4v) is 5.16. The van der Waals surface area contributed by atoms with E-state index in [4.69, 9.17) is 23.2 Å². The second kappa shape index (κ2) is 8.68. The topological polar surface area (TPSA) is 66.5 Å². The number of rotatable bonds is 4. The maximum absolute atomic E-state index is 14.9. The highest BCUT2D eigenvalue weighted by Crippen LogP contribution is 2.52. The Morgan fingerprint density at radius 1 is 1.06 bits per heavy atom. The number of allylic oxidation sites excluding steroid dienone is 1. The van der Waals surface area contributed by atoms with E-state index in [1.165, 1.54) is 12.1 Å². The molecule has 1 aliphatic heterocycles. The molecule has 1 heterocycles. The monoisotopic (exact) mass is 524 g/mol. The van der Waals surface area contributed by atoms with Crippen molar-refractivity contribution in [2.45, 2.75) is 44.9 Å². The molecule has 0 bridgehead atoms. The van der Waals surface area contributed by atoms with Gasteiger partial charge in [-0.25, -0.2) is 0 Å². The van der Waals surface area contributed by atoms with Gasteiger partial charge in [0.25, 0.3) is 11.8 Å². The van der Waals surface area contributed by atoms with Gasteiger partial charge in [-0.05, 0) is 35.6 Å². The smallest absolute Gasteiger partial charge is 0.326 e. The van der Waals surface area contributed by atoms with Crippen LogP contribution in [-0.2, 0) is 16.1 Å². The van der Waals surface area contributed by atoms with Crippen molar-refractivity contribution in [3.8, 4) is 0 Å². The molecular weight excluding hydrogens is 504 g/mol. The number of amides is 2. The summed E-state index contributed by atoms with van der Waals surface area (Å²) in [4.78, 5) is 40.9. The molecule has 0 aromatic heterocycles. The van der Waals surface area contributed by atoms with Gasteiger partial charge in [-0.15, -0.1) is 0 Å². The third-order valence-corrected chi connectivity index (χ3v) is 6.75. The summed E-state index contributed by atoms with van der Waals surface area (Å²) in [7, 11) is 0. The average Bonchev–Trinajstić information content (AvgIpc) is 2.96. The Morgan fingerprint density at radius 2 is 1.71 bits per heavy atom. The van der Waals surface area contributed by atoms with Gasteiger partial charge < -0.3 is 10.2 Å². The molecule has 1 atom stereocenters. The Bertz CT molecular complexity index is 1260. The number of nitrogens with zero attached hydrogens (tertiary/aromatic N) is 1. The molecule has 5 nitrogen and oxygen atoms in total. The van der Waals surface area contributed by atoms with Gasteiger partial charge in [0.1, 0.15) is 0 Å². The molecule has 1 N–H and O–H groups in total. The second-order valence-corrected chi connectivity index (χ2v) is 10.3. The lowest BCUT2D eigenvalue weighted by atomic mass is 9.72. The lowest BCUT2D eigenvalue weighted by Gasteiger charge is -2.35. The highest BCUT2D eigenvalue weighted by Gasteiger charge is 2.71. The van der Waals surface area contributed by atoms with Crippen LogP contribution in [0.25, 0.3) is 0 Å². The first-order chi connectivity index (χ1) is 16.3. The predicted molar refractivity (Wildman–Crippen MR) is 125 cm³/mol. The van der Waals surface area contributed by atoms with Gasteiger partial charge in [0.2, 0.25) is 5.54 Å². The zero-order valence-electron chi connectivity index (χ0n) is 18.8. The van der Waals surface area contributed by atoms with E-state index in [9.17, 15) is 27.6 Å². The number of alkyl halides is 3. The number of ketones is 1. The van der Waals surface area contributed by atoms with E-state index < -0.39 is 40.3 Å². The van der Waals surface area contributed by atoms with Crippen LogP contribution in [-0.4, -0.2) is 34.2 Å². The highest BCUT2D eigenvalue weighted by atomic mass is 35.5. The largest absolute Gasteiger partial charge is 0.425 e. The first-order valence-corrected chi connectivity index (χ1v) is 11.5. The predicted octanol–water partition coefficient (Wildman–Crippen LogP) is 5.71. The van der Waals surface area contributed by atoms with Crippen molar-refractivity contribution in [2.24, 2.45) is 5.41 Å². The van der Waals surface area contributed by atoms with Crippen LogP contribution < -0.4 is 5.32 Å². The molecule has 2 amide bonds. The van der Waals surface area contributed by atoms with Crippen LogP contribution in [0.5, 0.6) is 0 Å². The molecule has 2 aromatic rings. The Morgan fingerprint density at radius 3 is 2.31 bits per heavy atom. The minimum Gasteiger partial charge on any atom is -0.326 e. The summed E-state index contributed by atoms with van der Waals surface area (Å²) in [6, 6.07) is 12.1. The summed E-state index contributed by atoms with van der Waals surface area (Å²) in [6.45, 7) is 3.32. The molecule has 10 heteroatoms. The molecular formula is C25H21Cl2F3N2O3. The second-order valence-electron chi connectivity index (χ2n) is 9.47. The maximum atomic E-state index is 14.9. The fraction of sp³-hybridized carbons (Fsp3) is 0.320. The molecule has 0 saturated heterocycles. The molecule has 0 fully saturated rings. The van der Waals surface area contributed by atoms with E-state index in [2.05, 4.69) is 0 Å². The minimum absolute atomic E-state index is 0.0278. The first-order valence-electron chi connectivity index (χ1n) is 10.7. The highest BCUT2D eigenvalue weighted by molar-refractivity contribution is 6.36. The Labute approximate surface area is 209 Å². The molecule has 184 valence electrons. The number of benzene rings is 2. The van der Waals surface area contributed by atoms with Crippen molar-refractivity contribution < 1.29 is 27.6 Å². The number of carbonyl (C=O) groups excluding carboxylic acids is 3. The van der Waals surface area contributed by atoms with Gasteiger partial charge in [0, 0.05) is 17.1 Å². The van der Waals surface area contributed by atoms with Crippen molar-refractivity contribution in [3.63, 3.8) is 0 Å². The van der Waals surface area contributed by atoms with Crippen LogP contribution in [0.3, 0.4) is 0 Å². The van der Waals surface area contributed by atoms with Crippen LogP contribution in [0.4, 0.5) is 13.2 Å². The number of carbonyl (C=O) groups is 3. The van der Waals surface area contributed by atoms with Crippen molar-refractivity contribution >= 4 is 40.8 Å². The lowest BCUT2D eigenvalue weighted by molar-refractivity contribution is -0.190. The van der Waals surface area contributed by atoms with Crippen LogP contribution in [0.2, 0.25) is 10.0 Å². The fourth-order valence-electron chi connectivity index (χ4n) is 4.67. The summed E-state index contributed by atoms with van der Waals surface area (Å²) >= 11 is 11.9. The van der Waals surface area contributed by atoms with E-state index >= 15 is 0 Å². The standard InChI is InChI=1S/C25H21Cl2F3N2O3/c1-23(2)11-18-20(19(33)12-23)24(25(28,29)30,22(35)32(18)13-14-6-4-3-5-7-14)31-21(34)16-9-8-15(26)10-17(16)27/h3-10H,11-13H2,1-2H3,(H,31,34). The van der Waals surface area contributed by atoms with Crippen LogP contribution >= 0.6 is 23.2 Å². The molecule has 0 saturated carbocycles. The van der Waals surface area contributed by atoms with Crippen molar-refractivity contribution in [1.29, 1.82) is 0 Å². The molecule has 35 heavy (non-hydrogen) atoms. The number of hydrogen-bond acceptors (Lipinski definition) is 3. The van der Waals surface area contributed by atoms with Crippen molar-refractivity contribution in [3.05, 3.63) is 81.0 Å². The normalized spacial score (nSPS) is 21.9. The van der Waals surface area contributed by atoms with E-state index in [-0.39, 0.29) is 40.7 Å². The molecule has 0 radical (unpaired) electrons. The molecule has 1 unspecified atom stereocenters. The molecule has 2 aliphatic rings. The average molecular weight is 525 g/mol. The van der Waals surface area contributed by atoms with Crippen molar-refractivity contribution in [2.75, 3.05) is 0 Å². The zero-order chi connectivity index (χ0) is 25.8. The van der Waals surface area contributed by atoms with Crippen LogP contribution in [0, 0.1) is 5.41 Å². The molecule has 1 aliphatic carbocycles. The Kier molecular flexibility index (Phi) is 6.26. The third-order valence-electron chi connectivity index (χ3n) is 6.20. The summed E-state index contributed by atoms with van der Waals surface area (Å²) in [5.41, 5.74) is -4.70. The van der Waals surface area contributed by atoms with Gasteiger partial charge >= 0.3 is 6.18 Å². The summed E-state index contributed by atoms with van der Waals surface area (Å²) in [6.07, 6.45) is -5.45. The van der Waals surface area contributed by atoms with E-state index in [1.54, 1.807) is 44.2 Å². The van der Waals surface area contributed by atoms with Gasteiger partial charge in [-0.2, -0.15) is 13.2 Å². The molecule has 4 rings (SSSR count). The zero-order valence-corrected chi connectivity index (χ0v) is 20.3. The van der Waals surface area contributed by atoms with Gasteiger partial charge in [-0.1, -0.05) is 67.4 Å². The first kappa shape index (κ1) is 25.3. The van der Waals surface area contributed by atoms with Crippen molar-refractivity contribution in [1.82, 2.24) is 10.2 Å². The van der Waals surface area contributed by atoms with E-state index in [0.29, 0.717) is 5.56 Å². The summed E-state index contributed by atoms with van der Waals surface area (Å²) in [5, 5.41) is 1.86. The van der Waals surface area contributed by atoms with Crippen LogP contribution in [0.15, 0.2) is 59.8 Å². The number of hydrogen-bond donors (Lipinski definition) is 1. The molecule has 0 spiro atoms.